The standard InChI is InChI=1S/C17H17F3N4O/c1-10-4-6-24(7-5-10)14-8-13(21-9-22-14)17(25)23-12-3-2-11(18)15(19)16(12)20/h2-3,8-10H,4-7H2,1H3,(H,23,25). The monoisotopic (exact) mass is 350 g/mol. The first-order valence-corrected chi connectivity index (χ1v) is 7.97. The Morgan fingerprint density at radius 3 is 2.60 bits per heavy atom. The van der Waals surface area contributed by atoms with Gasteiger partial charge in [0.15, 0.2) is 17.5 Å². The fourth-order valence-corrected chi connectivity index (χ4v) is 2.69. The summed E-state index contributed by atoms with van der Waals surface area (Å²) in [5.41, 5.74) is -0.427. The molecule has 1 N–H and O–H groups in total. The Bertz CT molecular complexity index is 791. The summed E-state index contributed by atoms with van der Waals surface area (Å²) in [5, 5.41) is 2.20. The molecule has 1 aliphatic heterocycles. The number of halogens is 3. The van der Waals surface area contributed by atoms with Gasteiger partial charge in [0.25, 0.3) is 5.91 Å². The lowest BCUT2D eigenvalue weighted by Gasteiger charge is -2.31. The quantitative estimate of drug-likeness (QED) is 0.862. The van der Waals surface area contributed by atoms with Gasteiger partial charge in [-0.05, 0) is 30.9 Å². The highest BCUT2D eigenvalue weighted by atomic mass is 19.2. The predicted octanol–water partition coefficient (Wildman–Crippen LogP) is 3.38. The number of carbonyl (C=O) groups excluding carboxylic acids is 1. The van der Waals surface area contributed by atoms with Crippen LogP contribution in [0.3, 0.4) is 0 Å². The van der Waals surface area contributed by atoms with Crippen molar-refractivity contribution in [2.24, 2.45) is 5.92 Å². The van der Waals surface area contributed by atoms with Crippen LogP contribution in [0.1, 0.15) is 30.3 Å². The van der Waals surface area contributed by atoms with E-state index in [1.807, 2.05) is 0 Å². The fourth-order valence-electron chi connectivity index (χ4n) is 2.69. The van der Waals surface area contributed by atoms with Crippen molar-refractivity contribution in [1.29, 1.82) is 0 Å². The van der Waals surface area contributed by atoms with Crippen LogP contribution in [0.5, 0.6) is 0 Å². The highest BCUT2D eigenvalue weighted by Crippen LogP contribution is 2.23. The maximum absolute atomic E-state index is 13.7. The summed E-state index contributed by atoms with van der Waals surface area (Å²) in [5.74, 6) is -3.87. The molecule has 1 amide bonds. The van der Waals surface area contributed by atoms with E-state index in [2.05, 4.69) is 27.1 Å². The Hall–Kier alpha value is -2.64. The summed E-state index contributed by atoms with van der Waals surface area (Å²) in [6, 6.07) is 3.21. The van der Waals surface area contributed by atoms with Crippen molar-refractivity contribution in [3.63, 3.8) is 0 Å². The molecule has 0 bridgehead atoms. The smallest absolute Gasteiger partial charge is 0.274 e. The fraction of sp³-hybridized carbons (Fsp3) is 0.353. The maximum atomic E-state index is 13.7. The van der Waals surface area contributed by atoms with Crippen molar-refractivity contribution in [2.75, 3.05) is 23.3 Å². The molecule has 0 aliphatic carbocycles. The third-order valence-corrected chi connectivity index (χ3v) is 4.28. The van der Waals surface area contributed by atoms with Gasteiger partial charge in [-0.15, -0.1) is 0 Å². The summed E-state index contributed by atoms with van der Waals surface area (Å²) < 4.78 is 39.9. The van der Waals surface area contributed by atoms with Crippen LogP contribution in [0.25, 0.3) is 0 Å². The van der Waals surface area contributed by atoms with Crippen LogP contribution >= 0.6 is 0 Å². The Labute approximate surface area is 142 Å². The van der Waals surface area contributed by atoms with Crippen molar-refractivity contribution in [3.8, 4) is 0 Å². The van der Waals surface area contributed by atoms with Gasteiger partial charge in [0.05, 0.1) is 5.69 Å². The largest absolute Gasteiger partial charge is 0.356 e. The lowest BCUT2D eigenvalue weighted by Crippen LogP contribution is -2.33. The predicted molar refractivity (Wildman–Crippen MR) is 86.9 cm³/mol. The van der Waals surface area contributed by atoms with Gasteiger partial charge in [-0.1, -0.05) is 6.92 Å². The number of hydrogen-bond acceptors (Lipinski definition) is 4. The van der Waals surface area contributed by atoms with Gasteiger partial charge in [-0.2, -0.15) is 0 Å². The van der Waals surface area contributed by atoms with Crippen molar-refractivity contribution >= 4 is 17.4 Å². The zero-order valence-electron chi connectivity index (χ0n) is 13.6. The van der Waals surface area contributed by atoms with Crippen molar-refractivity contribution in [1.82, 2.24) is 9.97 Å². The minimum atomic E-state index is -1.64. The Balaban J connectivity index is 1.77. The number of anilines is 2. The summed E-state index contributed by atoms with van der Waals surface area (Å²) in [4.78, 5) is 22.3. The van der Waals surface area contributed by atoms with Crippen molar-refractivity contribution in [2.45, 2.75) is 19.8 Å². The first-order valence-electron chi connectivity index (χ1n) is 7.97. The number of aromatic nitrogens is 2. The third kappa shape index (κ3) is 3.72. The van der Waals surface area contributed by atoms with E-state index in [-0.39, 0.29) is 5.69 Å². The summed E-state index contributed by atoms with van der Waals surface area (Å²) >= 11 is 0. The number of benzene rings is 1. The van der Waals surface area contributed by atoms with Crippen LogP contribution in [0.15, 0.2) is 24.5 Å². The van der Waals surface area contributed by atoms with Gasteiger partial charge in [-0.25, -0.2) is 23.1 Å². The molecule has 3 rings (SSSR count). The number of nitrogens with one attached hydrogen (secondary N) is 1. The molecule has 0 spiro atoms. The zero-order valence-corrected chi connectivity index (χ0v) is 13.6. The number of amides is 1. The first kappa shape index (κ1) is 17.2. The van der Waals surface area contributed by atoms with Crippen LogP contribution in [0.2, 0.25) is 0 Å². The molecule has 5 nitrogen and oxygen atoms in total. The third-order valence-electron chi connectivity index (χ3n) is 4.28. The van der Waals surface area contributed by atoms with Gasteiger partial charge < -0.3 is 10.2 Å². The molecule has 25 heavy (non-hydrogen) atoms. The van der Waals surface area contributed by atoms with E-state index in [4.69, 9.17) is 0 Å². The van der Waals surface area contributed by atoms with E-state index in [0.29, 0.717) is 11.7 Å². The van der Waals surface area contributed by atoms with Crippen LogP contribution in [0, 0.1) is 23.4 Å². The molecular weight excluding hydrogens is 333 g/mol. The minimum absolute atomic E-state index is 0.0211. The minimum Gasteiger partial charge on any atom is -0.356 e. The number of nitrogens with zero attached hydrogens (tertiary/aromatic N) is 3. The number of carbonyl (C=O) groups is 1. The van der Waals surface area contributed by atoms with E-state index in [9.17, 15) is 18.0 Å². The molecular formula is C17H17F3N4O. The lowest BCUT2D eigenvalue weighted by atomic mass is 9.99. The van der Waals surface area contributed by atoms with Crippen LogP contribution < -0.4 is 10.2 Å². The van der Waals surface area contributed by atoms with Crippen LogP contribution in [-0.2, 0) is 0 Å². The average molecular weight is 350 g/mol. The van der Waals surface area contributed by atoms with Gasteiger partial charge in [0.2, 0.25) is 0 Å². The first-order chi connectivity index (χ1) is 12.0. The number of rotatable bonds is 3. The van der Waals surface area contributed by atoms with E-state index in [1.165, 1.54) is 12.4 Å². The van der Waals surface area contributed by atoms with E-state index >= 15 is 0 Å². The van der Waals surface area contributed by atoms with Crippen molar-refractivity contribution < 1.29 is 18.0 Å². The van der Waals surface area contributed by atoms with E-state index in [0.717, 1.165) is 38.1 Å². The lowest BCUT2D eigenvalue weighted by molar-refractivity contribution is 0.102. The van der Waals surface area contributed by atoms with Gasteiger partial charge in [0, 0.05) is 19.2 Å². The molecule has 1 fully saturated rings. The van der Waals surface area contributed by atoms with Crippen LogP contribution in [0.4, 0.5) is 24.7 Å². The van der Waals surface area contributed by atoms with Crippen LogP contribution in [-0.4, -0.2) is 29.0 Å². The van der Waals surface area contributed by atoms with Gasteiger partial charge >= 0.3 is 0 Å². The molecule has 1 aromatic carbocycles. The molecule has 0 unspecified atom stereocenters. The number of piperidine rings is 1. The summed E-state index contributed by atoms with van der Waals surface area (Å²) in [6.07, 6.45) is 3.32. The second kappa shape index (κ2) is 7.08. The van der Waals surface area contributed by atoms with E-state index < -0.39 is 29.0 Å². The zero-order chi connectivity index (χ0) is 18.0. The highest BCUT2D eigenvalue weighted by Gasteiger charge is 2.20. The van der Waals surface area contributed by atoms with Crippen molar-refractivity contribution in [3.05, 3.63) is 47.7 Å². The molecule has 1 aromatic heterocycles. The van der Waals surface area contributed by atoms with Gasteiger partial charge in [0.1, 0.15) is 17.8 Å². The normalized spacial score (nSPS) is 15.3. The Morgan fingerprint density at radius 2 is 1.88 bits per heavy atom. The molecule has 1 saturated heterocycles. The molecule has 132 valence electrons. The average Bonchev–Trinajstić information content (AvgIpc) is 2.63. The SMILES string of the molecule is CC1CCN(c2cc(C(=O)Nc3ccc(F)c(F)c3F)ncn2)CC1. The molecule has 0 atom stereocenters. The Morgan fingerprint density at radius 1 is 1.16 bits per heavy atom. The topological polar surface area (TPSA) is 58.1 Å². The van der Waals surface area contributed by atoms with Gasteiger partial charge in [-0.3, -0.25) is 4.79 Å². The molecule has 0 radical (unpaired) electrons. The van der Waals surface area contributed by atoms with E-state index in [1.54, 1.807) is 0 Å². The molecule has 8 heteroatoms. The Kier molecular flexibility index (Phi) is 4.87. The molecule has 0 saturated carbocycles. The molecule has 2 heterocycles. The highest BCUT2D eigenvalue weighted by molar-refractivity contribution is 6.03. The maximum Gasteiger partial charge on any atom is 0.274 e. The number of hydrogen-bond donors (Lipinski definition) is 1. The molecule has 2 aromatic rings. The second-order valence-electron chi connectivity index (χ2n) is 6.11. The second-order valence-corrected chi connectivity index (χ2v) is 6.11. The summed E-state index contributed by atoms with van der Waals surface area (Å²) in [7, 11) is 0. The summed E-state index contributed by atoms with van der Waals surface area (Å²) in [6.45, 7) is 3.85. The molecule has 1 aliphatic rings.